The van der Waals surface area contributed by atoms with Crippen LogP contribution in [0.5, 0.6) is 11.5 Å². The van der Waals surface area contributed by atoms with Crippen LogP contribution in [-0.2, 0) is 9.53 Å². The lowest BCUT2D eigenvalue weighted by atomic mass is 10.1. The molecule has 2 unspecified atom stereocenters. The van der Waals surface area contributed by atoms with Gasteiger partial charge in [-0.2, -0.15) is 0 Å². The summed E-state index contributed by atoms with van der Waals surface area (Å²) in [6.07, 6.45) is 0. The standard InChI is InChI=1S/C14H17NO6S/c1-3-19-14(16)9(2)22-13(7-15(17)18)10-4-5-11-12(6-10)21-8-20-11/h4-6,9,13H,3,7-8H2,1-2H3. The average molecular weight is 327 g/mol. The molecule has 0 fully saturated rings. The van der Waals surface area contributed by atoms with Crippen molar-refractivity contribution in [2.75, 3.05) is 19.9 Å². The van der Waals surface area contributed by atoms with Crippen LogP contribution >= 0.6 is 11.8 Å². The molecule has 7 nitrogen and oxygen atoms in total. The summed E-state index contributed by atoms with van der Waals surface area (Å²) < 4.78 is 15.5. The van der Waals surface area contributed by atoms with Crippen molar-refractivity contribution in [3.63, 3.8) is 0 Å². The van der Waals surface area contributed by atoms with E-state index in [9.17, 15) is 14.9 Å². The molecular formula is C14H17NO6S. The number of carbonyl (C=O) groups is 1. The minimum Gasteiger partial charge on any atom is -0.465 e. The fraction of sp³-hybridized carbons (Fsp3) is 0.500. The predicted molar refractivity (Wildman–Crippen MR) is 80.9 cm³/mol. The second kappa shape index (κ2) is 7.35. The summed E-state index contributed by atoms with van der Waals surface area (Å²) in [5, 5.41) is 9.95. The van der Waals surface area contributed by atoms with E-state index in [1.807, 2.05) is 0 Å². The van der Waals surface area contributed by atoms with Gasteiger partial charge in [0, 0.05) is 4.92 Å². The summed E-state index contributed by atoms with van der Waals surface area (Å²) in [4.78, 5) is 22.3. The van der Waals surface area contributed by atoms with E-state index < -0.39 is 10.5 Å². The van der Waals surface area contributed by atoms with Crippen LogP contribution in [-0.4, -0.2) is 36.1 Å². The number of fused-ring (bicyclic) bond motifs is 1. The van der Waals surface area contributed by atoms with Gasteiger partial charge in [-0.3, -0.25) is 14.9 Å². The highest BCUT2D eigenvalue weighted by Gasteiger charge is 2.27. The molecule has 120 valence electrons. The maximum atomic E-state index is 11.7. The van der Waals surface area contributed by atoms with Gasteiger partial charge in [0.05, 0.1) is 11.9 Å². The molecule has 0 radical (unpaired) electrons. The second-order valence-corrected chi connectivity index (χ2v) is 6.20. The number of hydrogen-bond donors (Lipinski definition) is 0. The number of hydrogen-bond acceptors (Lipinski definition) is 7. The van der Waals surface area contributed by atoms with Gasteiger partial charge in [0.2, 0.25) is 13.3 Å². The van der Waals surface area contributed by atoms with E-state index in [0.717, 1.165) is 5.56 Å². The molecule has 0 saturated heterocycles. The molecule has 8 heteroatoms. The molecule has 0 aliphatic carbocycles. The van der Waals surface area contributed by atoms with Crippen molar-refractivity contribution in [1.82, 2.24) is 0 Å². The molecule has 1 aromatic rings. The molecule has 1 aromatic carbocycles. The third kappa shape index (κ3) is 4.03. The number of nitrogens with zero attached hydrogens (tertiary/aromatic N) is 1. The lowest BCUT2D eigenvalue weighted by molar-refractivity contribution is -0.479. The Morgan fingerprint density at radius 1 is 1.45 bits per heavy atom. The summed E-state index contributed by atoms with van der Waals surface area (Å²) in [5.74, 6) is 0.809. The van der Waals surface area contributed by atoms with Crippen molar-refractivity contribution >= 4 is 17.7 Å². The number of nitro groups is 1. The number of carbonyl (C=O) groups excluding carboxylic acids is 1. The Morgan fingerprint density at radius 2 is 2.18 bits per heavy atom. The van der Waals surface area contributed by atoms with Gasteiger partial charge in [0.1, 0.15) is 5.25 Å². The van der Waals surface area contributed by atoms with Crippen molar-refractivity contribution in [3.05, 3.63) is 33.9 Å². The fourth-order valence-corrected chi connectivity index (χ4v) is 3.22. The minimum absolute atomic E-state index is 0.144. The van der Waals surface area contributed by atoms with Crippen LogP contribution in [0.15, 0.2) is 18.2 Å². The number of rotatable bonds is 7. The van der Waals surface area contributed by atoms with Crippen molar-refractivity contribution in [2.24, 2.45) is 0 Å². The van der Waals surface area contributed by atoms with E-state index in [4.69, 9.17) is 14.2 Å². The molecular weight excluding hydrogens is 310 g/mol. The molecule has 1 heterocycles. The second-order valence-electron chi connectivity index (χ2n) is 4.65. The van der Waals surface area contributed by atoms with E-state index in [0.29, 0.717) is 11.5 Å². The highest BCUT2D eigenvalue weighted by molar-refractivity contribution is 8.00. The average Bonchev–Trinajstić information content (AvgIpc) is 2.93. The maximum Gasteiger partial charge on any atom is 0.318 e. The Hall–Kier alpha value is -1.96. The Balaban J connectivity index is 2.15. The van der Waals surface area contributed by atoms with Gasteiger partial charge in [-0.25, -0.2) is 0 Å². The van der Waals surface area contributed by atoms with Crippen LogP contribution in [0.2, 0.25) is 0 Å². The van der Waals surface area contributed by atoms with Gasteiger partial charge in [-0.05, 0) is 31.5 Å². The predicted octanol–water partition coefficient (Wildman–Crippen LogP) is 2.42. The van der Waals surface area contributed by atoms with Crippen molar-refractivity contribution in [1.29, 1.82) is 0 Å². The highest BCUT2D eigenvalue weighted by Crippen LogP contribution is 2.39. The first-order valence-electron chi connectivity index (χ1n) is 6.84. The van der Waals surface area contributed by atoms with Crippen LogP contribution in [0.4, 0.5) is 0 Å². The summed E-state index contributed by atoms with van der Waals surface area (Å²) in [6, 6.07) is 5.20. The van der Waals surface area contributed by atoms with Gasteiger partial charge >= 0.3 is 5.97 Å². The molecule has 0 saturated carbocycles. The zero-order chi connectivity index (χ0) is 16.1. The van der Waals surface area contributed by atoms with Crippen LogP contribution < -0.4 is 9.47 Å². The molecule has 2 rings (SSSR count). The van der Waals surface area contributed by atoms with Crippen LogP contribution in [0.1, 0.15) is 24.7 Å². The van der Waals surface area contributed by atoms with E-state index in [1.165, 1.54) is 11.8 Å². The molecule has 0 spiro atoms. The Labute approximate surface area is 132 Å². The summed E-state index contributed by atoms with van der Waals surface area (Å²) >= 11 is 1.21. The molecule has 0 amide bonds. The summed E-state index contributed by atoms with van der Waals surface area (Å²) in [7, 11) is 0. The topological polar surface area (TPSA) is 87.9 Å². The van der Waals surface area contributed by atoms with E-state index in [1.54, 1.807) is 32.0 Å². The fourth-order valence-electron chi connectivity index (χ4n) is 2.04. The Morgan fingerprint density at radius 3 is 2.86 bits per heavy atom. The number of ether oxygens (including phenoxy) is 3. The highest BCUT2D eigenvalue weighted by atomic mass is 32.2. The first-order chi connectivity index (χ1) is 10.5. The van der Waals surface area contributed by atoms with Gasteiger partial charge in [-0.1, -0.05) is 6.07 Å². The first-order valence-corrected chi connectivity index (χ1v) is 7.79. The third-order valence-electron chi connectivity index (χ3n) is 3.07. The maximum absolute atomic E-state index is 11.7. The normalized spacial score (nSPS) is 15.2. The first kappa shape index (κ1) is 16.4. The lowest BCUT2D eigenvalue weighted by Crippen LogP contribution is -2.20. The van der Waals surface area contributed by atoms with E-state index >= 15 is 0 Å². The van der Waals surface area contributed by atoms with Crippen molar-refractivity contribution < 1.29 is 23.9 Å². The van der Waals surface area contributed by atoms with E-state index in [2.05, 4.69) is 0 Å². The zero-order valence-electron chi connectivity index (χ0n) is 12.3. The van der Waals surface area contributed by atoms with Crippen LogP contribution in [0.3, 0.4) is 0 Å². The van der Waals surface area contributed by atoms with Gasteiger partial charge in [0.15, 0.2) is 11.5 Å². The summed E-state index contributed by atoms with van der Waals surface area (Å²) in [5.41, 5.74) is 0.724. The smallest absolute Gasteiger partial charge is 0.318 e. The Kier molecular flexibility index (Phi) is 5.48. The lowest BCUT2D eigenvalue weighted by Gasteiger charge is -2.17. The van der Waals surface area contributed by atoms with Crippen LogP contribution in [0, 0.1) is 10.1 Å². The number of thioether (sulfide) groups is 1. The molecule has 1 aliphatic rings. The molecule has 2 atom stereocenters. The zero-order valence-corrected chi connectivity index (χ0v) is 13.1. The number of benzene rings is 1. The minimum atomic E-state index is -0.490. The molecule has 0 bridgehead atoms. The quantitative estimate of drug-likeness (QED) is 0.431. The molecule has 0 N–H and O–H groups in total. The molecule has 1 aliphatic heterocycles. The van der Waals surface area contributed by atoms with Gasteiger partial charge in [0.25, 0.3) is 0 Å². The monoisotopic (exact) mass is 327 g/mol. The molecule has 22 heavy (non-hydrogen) atoms. The third-order valence-corrected chi connectivity index (χ3v) is 4.42. The van der Waals surface area contributed by atoms with Gasteiger partial charge < -0.3 is 14.2 Å². The van der Waals surface area contributed by atoms with Gasteiger partial charge in [-0.15, -0.1) is 11.8 Å². The summed E-state index contributed by atoms with van der Waals surface area (Å²) in [6.45, 7) is 3.55. The Bertz CT molecular complexity index is 564. The van der Waals surface area contributed by atoms with Crippen molar-refractivity contribution in [3.8, 4) is 11.5 Å². The molecule has 0 aromatic heterocycles. The van der Waals surface area contributed by atoms with Crippen LogP contribution in [0.25, 0.3) is 0 Å². The van der Waals surface area contributed by atoms with Crippen molar-refractivity contribution in [2.45, 2.75) is 24.3 Å². The van der Waals surface area contributed by atoms with E-state index in [-0.39, 0.29) is 30.8 Å². The SMILES string of the molecule is CCOC(=O)C(C)SC(C[N+](=O)[O-])c1ccc2c(c1)OCO2. The number of esters is 1. The largest absolute Gasteiger partial charge is 0.465 e.